The van der Waals surface area contributed by atoms with Crippen LogP contribution in [0.3, 0.4) is 0 Å². The zero-order valence-electron chi connectivity index (χ0n) is 13.3. The highest BCUT2D eigenvalue weighted by Crippen LogP contribution is 2.30. The second-order valence-corrected chi connectivity index (χ2v) is 4.95. The molecule has 1 aliphatic heterocycles. The van der Waals surface area contributed by atoms with E-state index in [-0.39, 0.29) is 12.4 Å². The number of aliphatic imine (C=N–C) groups is 1. The van der Waals surface area contributed by atoms with Gasteiger partial charge >= 0.3 is 11.9 Å². The Bertz CT molecular complexity index is 517. The summed E-state index contributed by atoms with van der Waals surface area (Å²) in [7, 11) is 2.66. The molecule has 1 heterocycles. The molecule has 5 heteroatoms. The highest BCUT2D eigenvalue weighted by atomic mass is 16.5. The molecule has 0 spiro atoms. The number of hydrogen-bond acceptors (Lipinski definition) is 5. The van der Waals surface area contributed by atoms with Crippen molar-refractivity contribution in [1.82, 2.24) is 0 Å². The maximum absolute atomic E-state index is 12.0. The number of carbonyl (C=O) groups excluding carboxylic acids is 2. The van der Waals surface area contributed by atoms with Gasteiger partial charge in [-0.1, -0.05) is 12.2 Å². The van der Waals surface area contributed by atoms with E-state index in [0.29, 0.717) is 37.0 Å². The molecule has 0 aromatic heterocycles. The fourth-order valence-electron chi connectivity index (χ4n) is 2.37. The van der Waals surface area contributed by atoms with E-state index < -0.39 is 11.9 Å². The van der Waals surface area contributed by atoms with Crippen molar-refractivity contribution in [2.45, 2.75) is 32.1 Å². The number of methoxy groups -OCH3 is 2. The number of carbonyl (C=O) groups is 2. The summed E-state index contributed by atoms with van der Waals surface area (Å²) in [4.78, 5) is 28.5. The molecule has 120 valence electrons. The topological polar surface area (TPSA) is 65.0 Å². The normalized spacial score (nSPS) is 17.5. The van der Waals surface area contributed by atoms with E-state index in [1.807, 2.05) is 0 Å². The summed E-state index contributed by atoms with van der Waals surface area (Å²) in [6.07, 6.45) is 6.45. The van der Waals surface area contributed by atoms with E-state index in [9.17, 15) is 9.59 Å². The summed E-state index contributed by atoms with van der Waals surface area (Å²) >= 11 is 0. The smallest absolute Gasteiger partial charge is 0.335 e. The lowest BCUT2D eigenvalue weighted by Crippen LogP contribution is -2.30. The predicted molar refractivity (Wildman–Crippen MR) is 85.5 cm³/mol. The maximum atomic E-state index is 12.0. The summed E-state index contributed by atoms with van der Waals surface area (Å²) in [5.41, 5.74) is 1.85. The number of allylic oxidation sites excluding steroid dienone is 3. The van der Waals surface area contributed by atoms with Crippen LogP contribution >= 0.6 is 0 Å². The monoisotopic (exact) mass is 305 g/mol. The molecular weight excluding hydrogens is 282 g/mol. The highest BCUT2D eigenvalue weighted by molar-refractivity contribution is 6.06. The summed E-state index contributed by atoms with van der Waals surface area (Å²) in [5, 5.41) is 0. The van der Waals surface area contributed by atoms with E-state index in [2.05, 4.69) is 18.2 Å². The van der Waals surface area contributed by atoms with Gasteiger partial charge in [0.1, 0.15) is 0 Å². The van der Waals surface area contributed by atoms with Gasteiger partial charge in [-0.25, -0.2) is 4.79 Å². The molecule has 0 N–H and O–H groups in total. The molecule has 0 radical (unpaired) electrons. The molecule has 0 aliphatic carbocycles. The number of esters is 2. The molecule has 1 atom stereocenters. The van der Waals surface area contributed by atoms with Crippen LogP contribution in [0.2, 0.25) is 0 Å². The first kappa shape index (κ1) is 17.9. The second-order valence-electron chi connectivity index (χ2n) is 4.95. The predicted octanol–water partition coefficient (Wildman–Crippen LogP) is 2.98. The molecule has 5 nitrogen and oxygen atoms in total. The van der Waals surface area contributed by atoms with Crippen molar-refractivity contribution in [2.24, 2.45) is 10.9 Å². The van der Waals surface area contributed by atoms with Crippen LogP contribution in [0, 0.1) is 5.92 Å². The van der Waals surface area contributed by atoms with Gasteiger partial charge in [-0.15, -0.1) is 13.2 Å². The molecule has 0 saturated heterocycles. The van der Waals surface area contributed by atoms with Gasteiger partial charge in [-0.05, 0) is 32.1 Å². The van der Waals surface area contributed by atoms with Crippen LogP contribution in [0.25, 0.3) is 0 Å². The van der Waals surface area contributed by atoms with Crippen molar-refractivity contribution < 1.29 is 19.1 Å². The zero-order chi connectivity index (χ0) is 16.5. The molecule has 0 saturated carbocycles. The van der Waals surface area contributed by atoms with Crippen LogP contribution in [-0.2, 0) is 19.1 Å². The number of nitrogens with zero attached hydrogens (tertiary/aromatic N) is 1. The molecule has 0 aromatic rings. The Balaban J connectivity index is 3.19. The van der Waals surface area contributed by atoms with Gasteiger partial charge in [-0.3, -0.25) is 9.79 Å². The van der Waals surface area contributed by atoms with Crippen molar-refractivity contribution >= 4 is 17.7 Å². The average Bonchev–Trinajstić information content (AvgIpc) is 2.56. The van der Waals surface area contributed by atoms with E-state index in [0.717, 1.165) is 5.71 Å². The molecular formula is C17H23NO4. The fourth-order valence-corrected chi connectivity index (χ4v) is 2.37. The molecule has 0 fully saturated rings. The SMILES string of the molecule is C=CCCC1=NC(CCC=C)=C(C(=O)OC)CC1C(=O)OC. The van der Waals surface area contributed by atoms with E-state index in [1.165, 1.54) is 14.2 Å². The molecule has 1 unspecified atom stereocenters. The standard InChI is InChI=1S/C17H23NO4/c1-5-7-9-14-12(16(19)21-3)11-13(17(20)22-4)15(18-14)10-8-6-2/h5-6,12H,1-2,7-11H2,3-4H3. The Morgan fingerprint density at radius 3 is 2.36 bits per heavy atom. The van der Waals surface area contributed by atoms with Crippen LogP contribution in [0.1, 0.15) is 32.1 Å². The Kier molecular flexibility index (Phi) is 7.29. The van der Waals surface area contributed by atoms with Crippen molar-refractivity contribution in [3.8, 4) is 0 Å². The van der Waals surface area contributed by atoms with Crippen LogP contribution in [0.4, 0.5) is 0 Å². The summed E-state index contributed by atoms with van der Waals surface area (Å²) in [6.45, 7) is 7.38. The minimum atomic E-state index is -0.536. The molecule has 1 aliphatic rings. The van der Waals surface area contributed by atoms with E-state index in [4.69, 9.17) is 9.47 Å². The highest BCUT2D eigenvalue weighted by Gasteiger charge is 2.33. The van der Waals surface area contributed by atoms with Crippen molar-refractivity contribution in [1.29, 1.82) is 0 Å². The fraction of sp³-hybridized carbons (Fsp3) is 0.471. The third-order valence-electron chi connectivity index (χ3n) is 3.54. The Hall–Kier alpha value is -2.17. The summed E-state index contributed by atoms with van der Waals surface area (Å²) in [6, 6.07) is 0. The van der Waals surface area contributed by atoms with Gasteiger partial charge in [0, 0.05) is 5.71 Å². The van der Waals surface area contributed by atoms with E-state index >= 15 is 0 Å². The summed E-state index contributed by atoms with van der Waals surface area (Å²) in [5.74, 6) is -1.36. The Morgan fingerprint density at radius 1 is 1.18 bits per heavy atom. The van der Waals surface area contributed by atoms with Gasteiger partial charge in [0.05, 0.1) is 31.4 Å². The van der Waals surface area contributed by atoms with Gasteiger partial charge < -0.3 is 9.47 Å². The number of rotatable bonds is 8. The first-order valence-corrected chi connectivity index (χ1v) is 7.26. The van der Waals surface area contributed by atoms with Gasteiger partial charge in [-0.2, -0.15) is 0 Å². The molecule has 0 aromatic carbocycles. The lowest BCUT2D eigenvalue weighted by molar-refractivity contribution is -0.143. The van der Waals surface area contributed by atoms with Crippen molar-refractivity contribution in [2.75, 3.05) is 14.2 Å². The molecule has 1 rings (SSSR count). The van der Waals surface area contributed by atoms with Crippen LogP contribution in [0.15, 0.2) is 41.6 Å². The van der Waals surface area contributed by atoms with Gasteiger partial charge in [0.25, 0.3) is 0 Å². The first-order valence-electron chi connectivity index (χ1n) is 7.26. The third kappa shape index (κ3) is 4.41. The molecule has 0 bridgehead atoms. The number of ether oxygens (including phenoxy) is 2. The third-order valence-corrected chi connectivity index (χ3v) is 3.54. The quantitative estimate of drug-likeness (QED) is 0.511. The van der Waals surface area contributed by atoms with E-state index in [1.54, 1.807) is 12.2 Å². The second kappa shape index (κ2) is 8.97. The van der Waals surface area contributed by atoms with Crippen LogP contribution < -0.4 is 0 Å². The minimum absolute atomic E-state index is 0.266. The molecule has 0 amide bonds. The molecule has 22 heavy (non-hydrogen) atoms. The van der Waals surface area contributed by atoms with Gasteiger partial charge in [0.2, 0.25) is 0 Å². The Labute approximate surface area is 131 Å². The minimum Gasteiger partial charge on any atom is -0.469 e. The maximum Gasteiger partial charge on any atom is 0.335 e. The van der Waals surface area contributed by atoms with Gasteiger partial charge in [0.15, 0.2) is 0 Å². The lowest BCUT2D eigenvalue weighted by Gasteiger charge is -2.24. The first-order chi connectivity index (χ1) is 10.6. The largest absolute Gasteiger partial charge is 0.469 e. The van der Waals surface area contributed by atoms with Crippen molar-refractivity contribution in [3.05, 3.63) is 36.6 Å². The lowest BCUT2D eigenvalue weighted by atomic mass is 9.87. The number of hydrogen-bond donors (Lipinski definition) is 0. The van der Waals surface area contributed by atoms with Crippen LogP contribution in [-0.4, -0.2) is 31.9 Å². The van der Waals surface area contributed by atoms with Crippen molar-refractivity contribution in [3.63, 3.8) is 0 Å². The summed E-state index contributed by atoms with van der Waals surface area (Å²) < 4.78 is 9.66. The zero-order valence-corrected chi connectivity index (χ0v) is 13.3. The average molecular weight is 305 g/mol. The Morgan fingerprint density at radius 2 is 1.82 bits per heavy atom. The van der Waals surface area contributed by atoms with Crippen LogP contribution in [0.5, 0.6) is 0 Å².